The molecule has 1 atom stereocenters. The molecule has 1 aromatic heterocycles. The Morgan fingerprint density at radius 3 is 2.87 bits per heavy atom. The van der Waals surface area contributed by atoms with Gasteiger partial charge in [-0.05, 0) is 31.9 Å². The van der Waals surface area contributed by atoms with Gasteiger partial charge < -0.3 is 4.90 Å². The number of rotatable bonds is 4. The van der Waals surface area contributed by atoms with Gasteiger partial charge in [0.25, 0.3) is 5.91 Å². The molecule has 1 N–H and O–H groups in total. The number of carbonyl (C=O) groups is 1. The third-order valence-corrected chi connectivity index (χ3v) is 4.66. The van der Waals surface area contributed by atoms with Crippen LogP contribution in [0.5, 0.6) is 0 Å². The molecule has 122 valence electrons. The second kappa shape index (κ2) is 6.96. The van der Waals surface area contributed by atoms with E-state index in [-0.39, 0.29) is 11.9 Å². The quantitative estimate of drug-likeness (QED) is 0.943. The van der Waals surface area contributed by atoms with Gasteiger partial charge in [-0.2, -0.15) is 5.10 Å². The van der Waals surface area contributed by atoms with Gasteiger partial charge in [0.05, 0.1) is 11.8 Å². The predicted molar refractivity (Wildman–Crippen MR) is 90.2 cm³/mol. The number of likely N-dealkylation sites (tertiary alicyclic amines) is 1. The second-order valence-electron chi connectivity index (χ2n) is 6.34. The highest BCUT2D eigenvalue weighted by Crippen LogP contribution is 2.19. The number of piperidine rings is 1. The number of carbonyl (C=O) groups excluding carboxylic acids is 1. The van der Waals surface area contributed by atoms with E-state index in [1.54, 1.807) is 6.20 Å². The largest absolute Gasteiger partial charge is 0.337 e. The van der Waals surface area contributed by atoms with E-state index in [4.69, 9.17) is 0 Å². The zero-order valence-corrected chi connectivity index (χ0v) is 13.8. The average Bonchev–Trinajstić information content (AvgIpc) is 3.01. The van der Waals surface area contributed by atoms with Crippen molar-refractivity contribution in [1.29, 1.82) is 0 Å². The highest BCUT2D eigenvalue weighted by atomic mass is 16.2. The van der Waals surface area contributed by atoms with Gasteiger partial charge in [-0.1, -0.05) is 30.3 Å². The molecule has 1 saturated heterocycles. The molecule has 1 amide bonds. The predicted octanol–water partition coefficient (Wildman–Crippen LogP) is 2.45. The molecular formula is C18H24N4O. The maximum Gasteiger partial charge on any atom is 0.257 e. The summed E-state index contributed by atoms with van der Waals surface area (Å²) in [6.07, 6.45) is 3.81. The van der Waals surface area contributed by atoms with E-state index < -0.39 is 0 Å². The van der Waals surface area contributed by atoms with Crippen LogP contribution in [0.15, 0.2) is 36.5 Å². The summed E-state index contributed by atoms with van der Waals surface area (Å²) in [5, 5.41) is 6.80. The van der Waals surface area contributed by atoms with Crippen LogP contribution in [0, 0.1) is 6.92 Å². The van der Waals surface area contributed by atoms with Crippen LogP contribution >= 0.6 is 0 Å². The Labute approximate surface area is 137 Å². The number of nitrogens with zero attached hydrogens (tertiary/aromatic N) is 3. The third-order valence-electron chi connectivity index (χ3n) is 4.66. The molecule has 5 nitrogen and oxygen atoms in total. The van der Waals surface area contributed by atoms with E-state index in [9.17, 15) is 4.79 Å². The molecule has 0 bridgehead atoms. The van der Waals surface area contributed by atoms with Crippen LogP contribution in [0.3, 0.4) is 0 Å². The van der Waals surface area contributed by atoms with Crippen molar-refractivity contribution in [3.8, 4) is 0 Å². The van der Waals surface area contributed by atoms with Gasteiger partial charge in [0.15, 0.2) is 0 Å². The standard InChI is InChI=1S/C18H24N4O/c1-14-17(11-19-20-14)18(23)21(2)16-9-6-10-22(13-16)12-15-7-4-3-5-8-15/h3-5,7-8,11,16H,6,9-10,12-13H2,1-2H3,(H,19,20)/t16-/m0/s1. The number of amides is 1. The highest BCUT2D eigenvalue weighted by molar-refractivity contribution is 5.95. The maximum absolute atomic E-state index is 12.6. The number of H-pyrrole nitrogens is 1. The number of aryl methyl sites for hydroxylation is 1. The van der Waals surface area contributed by atoms with Gasteiger partial charge in [-0.15, -0.1) is 0 Å². The number of nitrogens with one attached hydrogen (secondary N) is 1. The monoisotopic (exact) mass is 312 g/mol. The van der Waals surface area contributed by atoms with Crippen molar-refractivity contribution in [2.75, 3.05) is 20.1 Å². The molecule has 0 radical (unpaired) electrons. The summed E-state index contributed by atoms with van der Waals surface area (Å²) in [6.45, 7) is 4.85. The second-order valence-corrected chi connectivity index (χ2v) is 6.34. The lowest BCUT2D eigenvalue weighted by Crippen LogP contribution is -2.48. The van der Waals surface area contributed by atoms with Crippen molar-refractivity contribution >= 4 is 5.91 Å². The Morgan fingerprint density at radius 1 is 1.39 bits per heavy atom. The lowest BCUT2D eigenvalue weighted by molar-refractivity contribution is 0.0608. The van der Waals surface area contributed by atoms with Crippen molar-refractivity contribution in [2.24, 2.45) is 0 Å². The Balaban J connectivity index is 1.64. The minimum Gasteiger partial charge on any atom is -0.337 e. The van der Waals surface area contributed by atoms with Crippen molar-refractivity contribution < 1.29 is 4.79 Å². The SMILES string of the molecule is Cc1[nH]ncc1C(=O)N(C)[C@H]1CCCN(Cc2ccccc2)C1. The van der Waals surface area contributed by atoms with Gasteiger partial charge in [0.2, 0.25) is 0 Å². The number of likely N-dealkylation sites (N-methyl/N-ethyl adjacent to an activating group) is 1. The fourth-order valence-corrected chi connectivity index (χ4v) is 3.25. The van der Waals surface area contributed by atoms with Gasteiger partial charge in [0, 0.05) is 31.9 Å². The van der Waals surface area contributed by atoms with E-state index in [0.29, 0.717) is 5.56 Å². The summed E-state index contributed by atoms with van der Waals surface area (Å²) in [7, 11) is 1.91. The number of hydrogen-bond donors (Lipinski definition) is 1. The van der Waals surface area contributed by atoms with Gasteiger partial charge in [-0.3, -0.25) is 14.8 Å². The Morgan fingerprint density at radius 2 is 2.17 bits per heavy atom. The van der Waals surface area contributed by atoms with Crippen molar-refractivity contribution in [3.05, 3.63) is 53.3 Å². The summed E-state index contributed by atoms with van der Waals surface area (Å²) in [6, 6.07) is 10.8. The summed E-state index contributed by atoms with van der Waals surface area (Å²) < 4.78 is 0. The summed E-state index contributed by atoms with van der Waals surface area (Å²) in [5.41, 5.74) is 2.83. The third kappa shape index (κ3) is 3.62. The Hall–Kier alpha value is -2.14. The van der Waals surface area contributed by atoms with Crippen molar-refractivity contribution in [2.45, 2.75) is 32.4 Å². The van der Waals surface area contributed by atoms with Gasteiger partial charge >= 0.3 is 0 Å². The zero-order valence-electron chi connectivity index (χ0n) is 13.8. The minimum absolute atomic E-state index is 0.0582. The molecule has 23 heavy (non-hydrogen) atoms. The Kier molecular flexibility index (Phi) is 4.76. The lowest BCUT2D eigenvalue weighted by Gasteiger charge is -2.37. The smallest absolute Gasteiger partial charge is 0.257 e. The molecule has 2 heterocycles. The van der Waals surface area contributed by atoms with Gasteiger partial charge in [-0.25, -0.2) is 0 Å². The maximum atomic E-state index is 12.6. The lowest BCUT2D eigenvalue weighted by atomic mass is 10.0. The van der Waals surface area contributed by atoms with Crippen LogP contribution in [0.1, 0.15) is 34.5 Å². The normalized spacial score (nSPS) is 18.8. The van der Waals surface area contributed by atoms with Crippen LogP contribution in [0.2, 0.25) is 0 Å². The van der Waals surface area contributed by atoms with E-state index in [1.165, 1.54) is 5.56 Å². The first-order chi connectivity index (χ1) is 11.1. The summed E-state index contributed by atoms with van der Waals surface area (Å²) >= 11 is 0. The van der Waals surface area contributed by atoms with Crippen molar-refractivity contribution in [3.63, 3.8) is 0 Å². The van der Waals surface area contributed by atoms with E-state index in [1.807, 2.05) is 24.9 Å². The topological polar surface area (TPSA) is 52.2 Å². The van der Waals surface area contributed by atoms with Crippen LogP contribution in [-0.2, 0) is 6.54 Å². The molecule has 1 aliphatic rings. The van der Waals surface area contributed by atoms with Gasteiger partial charge in [0.1, 0.15) is 0 Å². The molecule has 3 rings (SSSR count). The van der Waals surface area contributed by atoms with Crippen molar-refractivity contribution in [1.82, 2.24) is 20.0 Å². The fourth-order valence-electron chi connectivity index (χ4n) is 3.25. The number of aromatic amines is 1. The minimum atomic E-state index is 0.0582. The van der Waals surface area contributed by atoms with Crippen LogP contribution in [-0.4, -0.2) is 52.1 Å². The molecule has 0 unspecified atom stereocenters. The highest BCUT2D eigenvalue weighted by Gasteiger charge is 2.27. The Bertz CT molecular complexity index is 652. The number of benzene rings is 1. The molecular weight excluding hydrogens is 288 g/mol. The molecule has 5 heteroatoms. The summed E-state index contributed by atoms with van der Waals surface area (Å²) in [4.78, 5) is 17.0. The molecule has 0 spiro atoms. The van der Waals surface area contributed by atoms with Crippen LogP contribution in [0.25, 0.3) is 0 Å². The van der Waals surface area contributed by atoms with E-state index in [0.717, 1.165) is 38.2 Å². The number of hydrogen-bond acceptors (Lipinski definition) is 3. The molecule has 1 aromatic carbocycles. The fraction of sp³-hybridized carbons (Fsp3) is 0.444. The summed E-state index contributed by atoms with van der Waals surface area (Å²) in [5.74, 6) is 0.0582. The molecule has 1 fully saturated rings. The first-order valence-electron chi connectivity index (χ1n) is 8.18. The molecule has 0 aliphatic carbocycles. The zero-order chi connectivity index (χ0) is 16.2. The molecule has 1 aliphatic heterocycles. The van der Waals surface area contributed by atoms with Crippen LogP contribution in [0.4, 0.5) is 0 Å². The van der Waals surface area contributed by atoms with E-state index in [2.05, 4.69) is 39.4 Å². The number of aromatic nitrogens is 2. The first-order valence-corrected chi connectivity index (χ1v) is 8.18. The van der Waals surface area contributed by atoms with E-state index >= 15 is 0 Å². The molecule has 0 saturated carbocycles. The first kappa shape index (κ1) is 15.7. The van der Waals surface area contributed by atoms with Crippen LogP contribution < -0.4 is 0 Å². The average molecular weight is 312 g/mol. The molecule has 2 aromatic rings.